The highest BCUT2D eigenvalue weighted by Crippen LogP contribution is 2.20. The van der Waals surface area contributed by atoms with Gasteiger partial charge in [0.05, 0.1) is 0 Å². The summed E-state index contributed by atoms with van der Waals surface area (Å²) in [6, 6.07) is 10.4. The summed E-state index contributed by atoms with van der Waals surface area (Å²) in [6.07, 6.45) is 0. The Bertz CT molecular complexity index is 679. The van der Waals surface area contributed by atoms with Gasteiger partial charge in [0.15, 0.2) is 5.11 Å². The lowest BCUT2D eigenvalue weighted by molar-refractivity contribution is 0.606. The molecule has 21 heavy (non-hydrogen) atoms. The number of aryl methyl sites for hydroxylation is 1. The van der Waals surface area contributed by atoms with Crippen molar-refractivity contribution in [1.29, 1.82) is 0 Å². The molecule has 0 aliphatic heterocycles. The van der Waals surface area contributed by atoms with Crippen LogP contribution >= 0.6 is 39.7 Å². The van der Waals surface area contributed by atoms with Gasteiger partial charge in [-0.2, -0.15) is 0 Å². The lowest BCUT2D eigenvalue weighted by Crippen LogP contribution is -2.28. The van der Waals surface area contributed by atoms with Gasteiger partial charge >= 0.3 is 0 Å². The molecule has 0 aliphatic rings. The van der Waals surface area contributed by atoms with E-state index in [1.54, 1.807) is 12.1 Å². The van der Waals surface area contributed by atoms with Crippen molar-refractivity contribution in [2.75, 3.05) is 5.32 Å². The van der Waals surface area contributed by atoms with E-state index in [4.69, 9.17) is 23.8 Å². The summed E-state index contributed by atoms with van der Waals surface area (Å²) in [5, 5.41) is 6.84. The van der Waals surface area contributed by atoms with Gasteiger partial charge in [-0.3, -0.25) is 0 Å². The predicted octanol–water partition coefficient (Wildman–Crippen LogP) is 5.04. The van der Waals surface area contributed by atoms with Crippen molar-refractivity contribution in [3.8, 4) is 0 Å². The predicted molar refractivity (Wildman–Crippen MR) is 93.3 cm³/mol. The molecule has 0 aromatic heterocycles. The second-order valence-electron chi connectivity index (χ2n) is 4.51. The zero-order chi connectivity index (χ0) is 15.4. The van der Waals surface area contributed by atoms with E-state index in [0.717, 1.165) is 15.7 Å². The maximum absolute atomic E-state index is 13.6. The van der Waals surface area contributed by atoms with Crippen molar-refractivity contribution in [1.82, 2.24) is 5.32 Å². The molecule has 0 radical (unpaired) electrons. The monoisotopic (exact) mass is 386 g/mol. The number of anilines is 1. The van der Waals surface area contributed by atoms with Crippen LogP contribution in [0.2, 0.25) is 5.02 Å². The molecule has 0 heterocycles. The van der Waals surface area contributed by atoms with Gasteiger partial charge in [-0.05, 0) is 55.0 Å². The number of thiocarbonyl (C=S) groups is 1. The maximum Gasteiger partial charge on any atom is 0.171 e. The summed E-state index contributed by atoms with van der Waals surface area (Å²) in [4.78, 5) is 0. The minimum Gasteiger partial charge on any atom is -0.358 e. The van der Waals surface area contributed by atoms with Crippen molar-refractivity contribution in [2.45, 2.75) is 13.5 Å². The molecule has 0 unspecified atom stereocenters. The third-order valence-corrected chi connectivity index (χ3v) is 4.24. The van der Waals surface area contributed by atoms with E-state index in [-0.39, 0.29) is 5.82 Å². The van der Waals surface area contributed by atoms with Crippen molar-refractivity contribution in [2.24, 2.45) is 0 Å². The van der Waals surface area contributed by atoms with Gasteiger partial charge in [-0.15, -0.1) is 0 Å². The Kier molecular flexibility index (Phi) is 5.56. The van der Waals surface area contributed by atoms with Crippen LogP contribution in [0.25, 0.3) is 0 Å². The largest absolute Gasteiger partial charge is 0.358 e. The zero-order valence-electron chi connectivity index (χ0n) is 11.2. The van der Waals surface area contributed by atoms with E-state index in [1.165, 1.54) is 6.07 Å². The fourth-order valence-corrected chi connectivity index (χ4v) is 2.33. The molecule has 0 saturated carbocycles. The van der Waals surface area contributed by atoms with Crippen LogP contribution in [0.5, 0.6) is 0 Å². The van der Waals surface area contributed by atoms with Crippen molar-refractivity contribution < 1.29 is 4.39 Å². The first-order valence-electron chi connectivity index (χ1n) is 6.20. The summed E-state index contributed by atoms with van der Waals surface area (Å²) in [5.74, 6) is -0.350. The number of nitrogens with one attached hydrogen (secondary N) is 2. The second kappa shape index (κ2) is 7.20. The van der Waals surface area contributed by atoms with Crippen molar-refractivity contribution in [3.63, 3.8) is 0 Å². The smallest absolute Gasteiger partial charge is 0.171 e. The fraction of sp³-hybridized carbons (Fsp3) is 0.133. The summed E-state index contributed by atoms with van der Waals surface area (Å²) < 4.78 is 14.7. The van der Waals surface area contributed by atoms with Crippen molar-refractivity contribution >= 4 is 50.5 Å². The number of hydrogen-bond donors (Lipinski definition) is 2. The average Bonchev–Trinajstić information content (AvgIpc) is 2.42. The van der Waals surface area contributed by atoms with Gasteiger partial charge in [0, 0.05) is 27.3 Å². The normalized spacial score (nSPS) is 10.3. The minimum absolute atomic E-state index is 0.296. The summed E-state index contributed by atoms with van der Waals surface area (Å²) in [6.45, 7) is 2.29. The topological polar surface area (TPSA) is 24.1 Å². The SMILES string of the molecule is Cc1cc(NC(=S)NCc2ccc(Cl)cc2F)ccc1Br. The van der Waals surface area contributed by atoms with E-state index in [0.29, 0.717) is 22.2 Å². The maximum atomic E-state index is 13.6. The molecule has 2 N–H and O–H groups in total. The molecule has 0 atom stereocenters. The van der Waals surface area contributed by atoms with E-state index < -0.39 is 0 Å². The summed E-state index contributed by atoms with van der Waals surface area (Å²) in [7, 11) is 0. The van der Waals surface area contributed by atoms with Crippen molar-refractivity contribution in [3.05, 3.63) is 62.8 Å². The van der Waals surface area contributed by atoms with E-state index in [1.807, 2.05) is 25.1 Å². The molecule has 2 aromatic carbocycles. The second-order valence-corrected chi connectivity index (χ2v) is 6.21. The highest BCUT2D eigenvalue weighted by atomic mass is 79.9. The molecule has 6 heteroatoms. The quantitative estimate of drug-likeness (QED) is 0.722. The lowest BCUT2D eigenvalue weighted by Gasteiger charge is -2.12. The standard InChI is InChI=1S/C15H13BrClFN2S/c1-9-6-12(4-5-13(9)16)20-15(21)19-8-10-2-3-11(17)7-14(10)18/h2-7H,8H2,1H3,(H2,19,20,21). The van der Waals surface area contributed by atoms with Gasteiger partial charge in [0.1, 0.15) is 5.82 Å². The summed E-state index contributed by atoms with van der Waals surface area (Å²) >= 11 is 14.4. The molecule has 0 spiro atoms. The van der Waals surface area contributed by atoms with E-state index in [9.17, 15) is 4.39 Å². The molecule has 0 saturated heterocycles. The van der Waals surface area contributed by atoms with Crippen LogP contribution in [0.15, 0.2) is 40.9 Å². The van der Waals surface area contributed by atoms with Gasteiger partial charge in [-0.1, -0.05) is 33.6 Å². The Morgan fingerprint density at radius 2 is 2.05 bits per heavy atom. The Hall–Kier alpha value is -1.17. The van der Waals surface area contributed by atoms with Gasteiger partial charge < -0.3 is 10.6 Å². The van der Waals surface area contributed by atoms with Crippen LogP contribution in [0.3, 0.4) is 0 Å². The molecule has 0 fully saturated rings. The number of halogens is 3. The third-order valence-electron chi connectivity index (χ3n) is 2.87. The van der Waals surface area contributed by atoms with Crippen LogP contribution in [0, 0.1) is 12.7 Å². The van der Waals surface area contributed by atoms with Crippen LogP contribution in [0.4, 0.5) is 10.1 Å². The van der Waals surface area contributed by atoms with Crippen LogP contribution in [0.1, 0.15) is 11.1 Å². The highest BCUT2D eigenvalue weighted by molar-refractivity contribution is 9.10. The third kappa shape index (κ3) is 4.66. The first-order valence-corrected chi connectivity index (χ1v) is 7.78. The Balaban J connectivity index is 1.94. The summed E-state index contributed by atoms with van der Waals surface area (Å²) in [5.41, 5.74) is 2.49. The number of benzene rings is 2. The van der Waals surface area contributed by atoms with Gasteiger partial charge in [0.25, 0.3) is 0 Å². The fourth-order valence-electron chi connectivity index (χ4n) is 1.74. The Morgan fingerprint density at radius 3 is 2.71 bits per heavy atom. The lowest BCUT2D eigenvalue weighted by atomic mass is 10.2. The molecule has 110 valence electrons. The van der Waals surface area contributed by atoms with Crippen LogP contribution < -0.4 is 10.6 Å². The molecule has 2 nitrogen and oxygen atoms in total. The molecular formula is C15H13BrClFN2S. The molecular weight excluding hydrogens is 375 g/mol. The zero-order valence-corrected chi connectivity index (χ0v) is 14.4. The average molecular weight is 388 g/mol. The first-order chi connectivity index (χ1) is 9.95. The van der Waals surface area contributed by atoms with Gasteiger partial charge in [-0.25, -0.2) is 4.39 Å². The minimum atomic E-state index is -0.350. The molecule has 2 rings (SSSR count). The Labute approximate surface area is 141 Å². The van der Waals surface area contributed by atoms with Crippen LogP contribution in [-0.4, -0.2) is 5.11 Å². The van der Waals surface area contributed by atoms with E-state index in [2.05, 4.69) is 26.6 Å². The number of hydrogen-bond acceptors (Lipinski definition) is 1. The first kappa shape index (κ1) is 16.2. The molecule has 0 amide bonds. The molecule has 0 bridgehead atoms. The molecule has 0 aliphatic carbocycles. The van der Waals surface area contributed by atoms with Gasteiger partial charge in [0.2, 0.25) is 0 Å². The molecule has 2 aromatic rings. The Morgan fingerprint density at radius 1 is 1.29 bits per heavy atom. The van der Waals surface area contributed by atoms with E-state index >= 15 is 0 Å². The van der Waals surface area contributed by atoms with Crippen LogP contribution in [-0.2, 0) is 6.54 Å². The number of rotatable bonds is 3. The highest BCUT2D eigenvalue weighted by Gasteiger charge is 2.04.